The Hall–Kier alpha value is -2.53. The molecular weight excluding hydrogens is 304 g/mol. The first kappa shape index (κ1) is 16.3. The predicted octanol–water partition coefficient (Wildman–Crippen LogP) is 3.09. The zero-order chi connectivity index (χ0) is 16.9. The molecule has 0 saturated carbocycles. The number of carbonyl (C=O) groups excluding carboxylic acids is 1. The molecule has 1 aliphatic rings. The summed E-state index contributed by atoms with van der Waals surface area (Å²) in [4.78, 5) is 14.7. The van der Waals surface area contributed by atoms with E-state index in [1.54, 1.807) is 19.2 Å². The first-order chi connectivity index (χ1) is 11.7. The summed E-state index contributed by atoms with van der Waals surface area (Å²) in [6.45, 7) is 5.26. The maximum absolute atomic E-state index is 12.4. The van der Waals surface area contributed by atoms with Crippen molar-refractivity contribution in [3.63, 3.8) is 0 Å². The average Bonchev–Trinajstić information content (AvgIpc) is 2.63. The Morgan fingerprint density at radius 2 is 1.83 bits per heavy atom. The molecule has 1 heterocycles. The molecule has 2 aromatic rings. The predicted molar refractivity (Wildman–Crippen MR) is 95.2 cm³/mol. The van der Waals surface area contributed by atoms with Crippen molar-refractivity contribution in [3.8, 4) is 5.75 Å². The van der Waals surface area contributed by atoms with Gasteiger partial charge < -0.3 is 19.7 Å². The van der Waals surface area contributed by atoms with Crippen molar-refractivity contribution in [3.05, 3.63) is 53.6 Å². The van der Waals surface area contributed by atoms with E-state index in [4.69, 9.17) is 9.47 Å². The number of hydrogen-bond acceptors (Lipinski definition) is 4. The molecule has 1 aliphatic heterocycles. The van der Waals surface area contributed by atoms with Crippen molar-refractivity contribution in [2.24, 2.45) is 0 Å². The molecule has 1 N–H and O–H groups in total. The lowest BCUT2D eigenvalue weighted by Gasteiger charge is -2.28. The summed E-state index contributed by atoms with van der Waals surface area (Å²) in [6, 6.07) is 13.3. The fraction of sp³-hybridized carbons (Fsp3) is 0.316. The van der Waals surface area contributed by atoms with Gasteiger partial charge in [0, 0.05) is 30.0 Å². The molecule has 0 spiro atoms. The van der Waals surface area contributed by atoms with Crippen LogP contribution in [0.5, 0.6) is 5.75 Å². The highest BCUT2D eigenvalue weighted by Crippen LogP contribution is 2.22. The summed E-state index contributed by atoms with van der Waals surface area (Å²) in [5.74, 6) is 0.567. The normalized spacial score (nSPS) is 14.3. The molecule has 1 fully saturated rings. The van der Waals surface area contributed by atoms with Gasteiger partial charge in [0.25, 0.3) is 5.91 Å². The number of nitrogens with one attached hydrogen (secondary N) is 1. The van der Waals surface area contributed by atoms with Gasteiger partial charge in [0.15, 0.2) is 0 Å². The molecule has 5 nitrogen and oxygen atoms in total. The molecule has 0 aliphatic carbocycles. The third kappa shape index (κ3) is 3.68. The molecule has 24 heavy (non-hydrogen) atoms. The highest BCUT2D eigenvalue weighted by atomic mass is 16.5. The number of aryl methyl sites for hydroxylation is 1. The van der Waals surface area contributed by atoms with Crippen LogP contribution in [0.15, 0.2) is 42.5 Å². The quantitative estimate of drug-likeness (QED) is 0.938. The third-order valence-electron chi connectivity index (χ3n) is 4.17. The minimum absolute atomic E-state index is 0.146. The number of carbonyl (C=O) groups is 1. The van der Waals surface area contributed by atoms with E-state index in [9.17, 15) is 4.79 Å². The first-order valence-electron chi connectivity index (χ1n) is 8.06. The van der Waals surface area contributed by atoms with E-state index in [2.05, 4.69) is 10.2 Å². The number of amides is 1. The molecular formula is C19H22N2O3. The molecule has 0 bridgehead atoms. The molecule has 0 atom stereocenters. The van der Waals surface area contributed by atoms with Crippen molar-refractivity contribution in [2.75, 3.05) is 43.6 Å². The van der Waals surface area contributed by atoms with E-state index in [-0.39, 0.29) is 5.91 Å². The Morgan fingerprint density at radius 1 is 1.12 bits per heavy atom. The number of morpholine rings is 1. The van der Waals surface area contributed by atoms with Gasteiger partial charge >= 0.3 is 0 Å². The van der Waals surface area contributed by atoms with Gasteiger partial charge in [-0.2, -0.15) is 0 Å². The summed E-state index contributed by atoms with van der Waals surface area (Å²) in [7, 11) is 1.61. The second kappa shape index (κ2) is 7.36. The Morgan fingerprint density at radius 3 is 2.50 bits per heavy atom. The number of ether oxygens (including phenoxy) is 2. The highest BCUT2D eigenvalue weighted by molar-refractivity contribution is 6.04. The zero-order valence-electron chi connectivity index (χ0n) is 14.0. The Bertz CT molecular complexity index is 707. The van der Waals surface area contributed by atoms with Gasteiger partial charge in [-0.05, 0) is 48.9 Å². The number of rotatable bonds is 4. The number of methoxy groups -OCH3 is 1. The van der Waals surface area contributed by atoms with E-state index in [0.717, 1.165) is 43.2 Å². The van der Waals surface area contributed by atoms with Crippen molar-refractivity contribution < 1.29 is 14.3 Å². The van der Waals surface area contributed by atoms with Gasteiger partial charge in [0.1, 0.15) is 5.75 Å². The van der Waals surface area contributed by atoms with Crippen LogP contribution in [-0.4, -0.2) is 39.3 Å². The van der Waals surface area contributed by atoms with Crippen LogP contribution in [0.1, 0.15) is 15.9 Å². The lowest BCUT2D eigenvalue weighted by Crippen LogP contribution is -2.36. The maximum Gasteiger partial charge on any atom is 0.255 e. The molecule has 5 heteroatoms. The van der Waals surface area contributed by atoms with E-state index in [0.29, 0.717) is 11.3 Å². The number of benzene rings is 2. The molecule has 0 aromatic heterocycles. The molecule has 1 saturated heterocycles. The zero-order valence-corrected chi connectivity index (χ0v) is 14.0. The van der Waals surface area contributed by atoms with E-state index < -0.39 is 0 Å². The smallest absolute Gasteiger partial charge is 0.255 e. The van der Waals surface area contributed by atoms with Gasteiger partial charge in [0.05, 0.1) is 20.3 Å². The fourth-order valence-corrected chi connectivity index (χ4v) is 2.74. The Labute approximate surface area is 142 Å². The van der Waals surface area contributed by atoms with Gasteiger partial charge in [0.2, 0.25) is 0 Å². The summed E-state index contributed by atoms with van der Waals surface area (Å²) < 4.78 is 10.6. The number of anilines is 2. The van der Waals surface area contributed by atoms with Crippen LogP contribution in [0.4, 0.5) is 11.4 Å². The summed E-state index contributed by atoms with van der Waals surface area (Å²) in [6.07, 6.45) is 0. The lowest BCUT2D eigenvalue weighted by atomic mass is 10.1. The van der Waals surface area contributed by atoms with E-state index in [1.165, 1.54) is 0 Å². The molecule has 0 unspecified atom stereocenters. The van der Waals surface area contributed by atoms with Gasteiger partial charge in [-0.3, -0.25) is 4.79 Å². The molecule has 0 radical (unpaired) electrons. The van der Waals surface area contributed by atoms with Gasteiger partial charge in [-0.25, -0.2) is 0 Å². The lowest BCUT2D eigenvalue weighted by molar-refractivity contribution is 0.102. The molecule has 126 valence electrons. The van der Waals surface area contributed by atoms with E-state index >= 15 is 0 Å². The van der Waals surface area contributed by atoms with Crippen LogP contribution >= 0.6 is 0 Å². The maximum atomic E-state index is 12.4. The van der Waals surface area contributed by atoms with Crippen molar-refractivity contribution >= 4 is 17.3 Å². The SMILES string of the molecule is COc1cc(C(=O)Nc2ccc(N3CCOCC3)cc2)ccc1C. The van der Waals surface area contributed by atoms with Crippen LogP contribution < -0.4 is 15.0 Å². The summed E-state index contributed by atoms with van der Waals surface area (Å²) in [5, 5.41) is 2.92. The number of hydrogen-bond donors (Lipinski definition) is 1. The second-order valence-corrected chi connectivity index (χ2v) is 5.78. The van der Waals surface area contributed by atoms with Crippen LogP contribution in [-0.2, 0) is 4.74 Å². The Kier molecular flexibility index (Phi) is 5.01. The van der Waals surface area contributed by atoms with Crippen molar-refractivity contribution in [1.82, 2.24) is 0 Å². The minimum atomic E-state index is -0.146. The van der Waals surface area contributed by atoms with Gasteiger partial charge in [-0.1, -0.05) is 6.07 Å². The summed E-state index contributed by atoms with van der Waals surface area (Å²) in [5.41, 5.74) is 3.50. The topological polar surface area (TPSA) is 50.8 Å². The average molecular weight is 326 g/mol. The van der Waals surface area contributed by atoms with Crippen molar-refractivity contribution in [1.29, 1.82) is 0 Å². The highest BCUT2D eigenvalue weighted by Gasteiger charge is 2.12. The van der Waals surface area contributed by atoms with Crippen LogP contribution in [0.2, 0.25) is 0 Å². The molecule has 2 aromatic carbocycles. The Balaban J connectivity index is 1.68. The van der Waals surface area contributed by atoms with Gasteiger partial charge in [-0.15, -0.1) is 0 Å². The second-order valence-electron chi connectivity index (χ2n) is 5.78. The minimum Gasteiger partial charge on any atom is -0.496 e. The van der Waals surface area contributed by atoms with Crippen LogP contribution in [0.25, 0.3) is 0 Å². The molecule has 3 rings (SSSR count). The summed E-state index contributed by atoms with van der Waals surface area (Å²) >= 11 is 0. The van der Waals surface area contributed by atoms with E-state index in [1.807, 2.05) is 37.3 Å². The standard InChI is InChI=1S/C19H22N2O3/c1-14-3-4-15(13-18(14)23-2)19(22)20-16-5-7-17(8-6-16)21-9-11-24-12-10-21/h3-8,13H,9-12H2,1-2H3,(H,20,22). The monoisotopic (exact) mass is 326 g/mol. The third-order valence-corrected chi connectivity index (χ3v) is 4.17. The largest absolute Gasteiger partial charge is 0.496 e. The number of nitrogens with zero attached hydrogens (tertiary/aromatic N) is 1. The van der Waals surface area contributed by atoms with Crippen molar-refractivity contribution in [2.45, 2.75) is 6.92 Å². The first-order valence-corrected chi connectivity index (χ1v) is 8.06. The fourth-order valence-electron chi connectivity index (χ4n) is 2.74. The van der Waals surface area contributed by atoms with Crippen LogP contribution in [0, 0.1) is 6.92 Å². The van der Waals surface area contributed by atoms with Crippen LogP contribution in [0.3, 0.4) is 0 Å². The molecule has 1 amide bonds.